The summed E-state index contributed by atoms with van der Waals surface area (Å²) in [4.78, 5) is 17.4. The van der Waals surface area contributed by atoms with Crippen molar-refractivity contribution in [1.82, 2.24) is 24.6 Å². The first-order valence-electron chi connectivity index (χ1n) is 7.97. The topological polar surface area (TPSA) is 122 Å². The molecular formula is C14H9ClF6N6O3S. The van der Waals surface area contributed by atoms with Crippen molar-refractivity contribution in [1.29, 1.82) is 0 Å². The van der Waals surface area contributed by atoms with E-state index in [1.807, 2.05) is 5.10 Å². The second-order valence-corrected chi connectivity index (χ2v) is 8.46. The molecule has 0 unspecified atom stereocenters. The van der Waals surface area contributed by atoms with E-state index in [9.17, 15) is 39.6 Å². The van der Waals surface area contributed by atoms with E-state index in [-0.39, 0.29) is 5.65 Å². The van der Waals surface area contributed by atoms with Crippen LogP contribution >= 0.6 is 11.6 Å². The monoisotopic (exact) mass is 490 g/mol. The van der Waals surface area contributed by atoms with Gasteiger partial charge in [0, 0.05) is 6.07 Å². The molecule has 0 aromatic carbocycles. The van der Waals surface area contributed by atoms with E-state index in [0.29, 0.717) is 12.4 Å². The maximum absolute atomic E-state index is 12.9. The number of carbonyl (C=O) groups excluding carboxylic acids is 1. The SMILES string of the molecule is CCS(=O)(=O)c1c(-c2nc3cc(C(F)(F)F)ncn3c2Cl)n[nH]c1NC(=O)C(F)(F)F. The Morgan fingerprint density at radius 3 is 2.42 bits per heavy atom. The highest BCUT2D eigenvalue weighted by molar-refractivity contribution is 7.91. The Bertz CT molecular complexity index is 1280. The number of fused-ring (bicyclic) bond motifs is 1. The molecule has 3 rings (SSSR count). The maximum atomic E-state index is 12.9. The number of H-pyrrole nitrogens is 1. The number of halogens is 7. The van der Waals surface area contributed by atoms with Gasteiger partial charge in [0.2, 0.25) is 0 Å². The molecule has 0 bridgehead atoms. The zero-order chi connectivity index (χ0) is 23.4. The van der Waals surface area contributed by atoms with Gasteiger partial charge in [-0.05, 0) is 0 Å². The standard InChI is InChI=1S/C14H9ClF6N6O3S/c1-2-31(29,30)9-7(25-26-11(9)24-12(28)14(19,20)21)8-10(15)27-4-22-5(13(16,17)18)3-6(27)23-8/h3-4H,2H2,1H3,(H2,24,25,26,28). The van der Waals surface area contributed by atoms with Gasteiger partial charge < -0.3 is 5.32 Å². The molecule has 0 aliphatic heterocycles. The third-order valence-corrected chi connectivity index (χ3v) is 6.02. The second kappa shape index (κ2) is 7.37. The molecule has 17 heteroatoms. The predicted octanol–water partition coefficient (Wildman–Crippen LogP) is 3.09. The number of hydrogen-bond donors (Lipinski definition) is 2. The number of rotatable bonds is 4. The molecule has 1 amide bonds. The molecule has 3 aromatic heterocycles. The average molecular weight is 491 g/mol. The summed E-state index contributed by atoms with van der Waals surface area (Å²) in [7, 11) is -4.32. The lowest BCUT2D eigenvalue weighted by Crippen LogP contribution is -2.30. The van der Waals surface area contributed by atoms with Gasteiger partial charge in [0.25, 0.3) is 0 Å². The lowest BCUT2D eigenvalue weighted by atomic mass is 10.3. The van der Waals surface area contributed by atoms with Crippen molar-refractivity contribution in [2.45, 2.75) is 24.2 Å². The van der Waals surface area contributed by atoms with Gasteiger partial charge in [-0.25, -0.2) is 18.4 Å². The number of imidazole rings is 1. The molecule has 0 radical (unpaired) electrons. The highest BCUT2D eigenvalue weighted by atomic mass is 35.5. The van der Waals surface area contributed by atoms with Crippen LogP contribution in [0.15, 0.2) is 17.3 Å². The van der Waals surface area contributed by atoms with Crippen LogP contribution in [-0.4, -0.2) is 50.8 Å². The predicted molar refractivity (Wildman–Crippen MR) is 93.0 cm³/mol. The van der Waals surface area contributed by atoms with Crippen molar-refractivity contribution in [3.63, 3.8) is 0 Å². The summed E-state index contributed by atoms with van der Waals surface area (Å²) in [6, 6.07) is 0.530. The van der Waals surface area contributed by atoms with E-state index in [1.165, 1.54) is 12.2 Å². The molecule has 0 aliphatic carbocycles. The number of sulfone groups is 1. The molecule has 2 N–H and O–H groups in total. The lowest BCUT2D eigenvalue weighted by Gasteiger charge is -2.08. The smallest absolute Gasteiger partial charge is 0.302 e. The molecule has 0 saturated heterocycles. The van der Waals surface area contributed by atoms with Crippen LogP contribution in [0, 0.1) is 0 Å². The van der Waals surface area contributed by atoms with Crippen molar-refractivity contribution < 1.29 is 39.6 Å². The fraction of sp³-hybridized carbons (Fsp3) is 0.286. The summed E-state index contributed by atoms with van der Waals surface area (Å²) < 4.78 is 102. The number of nitrogens with zero attached hydrogens (tertiary/aromatic N) is 4. The van der Waals surface area contributed by atoms with E-state index in [1.54, 1.807) is 0 Å². The van der Waals surface area contributed by atoms with Gasteiger partial charge >= 0.3 is 18.3 Å². The Morgan fingerprint density at radius 1 is 1.23 bits per heavy atom. The minimum Gasteiger partial charge on any atom is -0.302 e. The fourth-order valence-electron chi connectivity index (χ4n) is 2.43. The second-order valence-electron chi connectivity index (χ2n) is 5.88. The van der Waals surface area contributed by atoms with Crippen LogP contribution in [0.2, 0.25) is 5.15 Å². The van der Waals surface area contributed by atoms with Gasteiger partial charge in [-0.15, -0.1) is 0 Å². The highest BCUT2D eigenvalue weighted by Crippen LogP contribution is 2.37. The molecule has 0 saturated carbocycles. The minimum atomic E-state index is -5.33. The summed E-state index contributed by atoms with van der Waals surface area (Å²) >= 11 is 6.07. The molecule has 168 valence electrons. The zero-order valence-electron chi connectivity index (χ0n) is 14.9. The first-order valence-corrected chi connectivity index (χ1v) is 10.00. The number of aromatic amines is 1. The molecule has 9 nitrogen and oxygen atoms in total. The van der Waals surface area contributed by atoms with Crippen LogP contribution in [0.25, 0.3) is 17.0 Å². The van der Waals surface area contributed by atoms with Crippen LogP contribution < -0.4 is 5.32 Å². The van der Waals surface area contributed by atoms with Crippen molar-refractivity contribution >= 4 is 38.8 Å². The van der Waals surface area contributed by atoms with E-state index in [0.717, 1.165) is 4.40 Å². The van der Waals surface area contributed by atoms with E-state index < -0.39 is 66.8 Å². The molecule has 0 fully saturated rings. The summed E-state index contributed by atoms with van der Waals surface area (Å²) in [5.41, 5.74) is -2.75. The van der Waals surface area contributed by atoms with Gasteiger partial charge in [-0.1, -0.05) is 18.5 Å². The molecular weight excluding hydrogens is 482 g/mol. The van der Waals surface area contributed by atoms with E-state index in [2.05, 4.69) is 15.1 Å². The average Bonchev–Trinajstić information content (AvgIpc) is 3.21. The summed E-state index contributed by atoms with van der Waals surface area (Å²) in [6.45, 7) is 1.17. The number of amides is 1. The first kappa shape index (κ1) is 22.8. The van der Waals surface area contributed by atoms with Crippen LogP contribution in [0.5, 0.6) is 0 Å². The number of hydrogen-bond acceptors (Lipinski definition) is 6. The highest BCUT2D eigenvalue weighted by Gasteiger charge is 2.41. The zero-order valence-corrected chi connectivity index (χ0v) is 16.5. The number of aromatic nitrogens is 5. The van der Waals surface area contributed by atoms with Gasteiger partial charge in [0.1, 0.15) is 44.9 Å². The number of anilines is 1. The number of nitrogens with one attached hydrogen (secondary N) is 2. The van der Waals surface area contributed by atoms with Crippen molar-refractivity contribution in [3.05, 3.63) is 23.2 Å². The largest absolute Gasteiger partial charge is 0.471 e. The molecule has 0 spiro atoms. The molecule has 0 aliphatic rings. The fourth-order valence-corrected chi connectivity index (χ4v) is 3.83. The quantitative estimate of drug-likeness (QED) is 0.542. The molecule has 0 atom stereocenters. The Balaban J connectivity index is 2.22. The third kappa shape index (κ3) is 4.16. The maximum Gasteiger partial charge on any atom is 0.471 e. The minimum absolute atomic E-state index is 0.383. The molecule has 3 aromatic rings. The third-order valence-electron chi connectivity index (χ3n) is 3.88. The van der Waals surface area contributed by atoms with Crippen LogP contribution in [0.4, 0.5) is 32.2 Å². The Hall–Kier alpha value is -2.88. The summed E-state index contributed by atoms with van der Waals surface area (Å²) in [5.74, 6) is -3.99. The van der Waals surface area contributed by atoms with Gasteiger partial charge in [0.15, 0.2) is 9.84 Å². The van der Waals surface area contributed by atoms with E-state index >= 15 is 0 Å². The van der Waals surface area contributed by atoms with Crippen molar-refractivity contribution in [2.24, 2.45) is 0 Å². The Morgan fingerprint density at radius 2 is 1.87 bits per heavy atom. The Labute approximate surface area is 173 Å². The van der Waals surface area contributed by atoms with Gasteiger partial charge in [-0.2, -0.15) is 31.4 Å². The van der Waals surface area contributed by atoms with Crippen molar-refractivity contribution in [3.8, 4) is 11.4 Å². The van der Waals surface area contributed by atoms with Gasteiger partial charge in [0.05, 0.1) is 5.75 Å². The normalized spacial score (nSPS) is 13.0. The van der Waals surface area contributed by atoms with Crippen LogP contribution in [-0.2, 0) is 20.8 Å². The number of carbonyl (C=O) groups is 1. The lowest BCUT2D eigenvalue weighted by molar-refractivity contribution is -0.167. The number of alkyl halides is 6. The van der Waals surface area contributed by atoms with E-state index in [4.69, 9.17) is 11.6 Å². The molecule has 3 heterocycles. The van der Waals surface area contributed by atoms with Crippen LogP contribution in [0.1, 0.15) is 12.6 Å². The first-order chi connectivity index (χ1) is 14.2. The Kier molecular flexibility index (Phi) is 5.42. The van der Waals surface area contributed by atoms with Crippen LogP contribution in [0.3, 0.4) is 0 Å². The summed E-state index contributed by atoms with van der Waals surface area (Å²) in [5, 5.41) is 6.48. The van der Waals surface area contributed by atoms with Gasteiger partial charge in [-0.3, -0.25) is 14.3 Å². The molecule has 31 heavy (non-hydrogen) atoms. The van der Waals surface area contributed by atoms with Crippen molar-refractivity contribution in [2.75, 3.05) is 11.1 Å². The summed E-state index contributed by atoms with van der Waals surface area (Å²) in [6.07, 6.45) is -9.46.